The van der Waals surface area contributed by atoms with Crippen LogP contribution in [-0.4, -0.2) is 30.1 Å². The van der Waals surface area contributed by atoms with Gasteiger partial charge in [0.05, 0.1) is 23.1 Å². The first-order chi connectivity index (χ1) is 19.7. The molecule has 5 heterocycles. The number of rotatable bonds is 7. The Morgan fingerprint density at radius 1 is 0.775 bits per heavy atom. The highest BCUT2D eigenvalue weighted by Crippen LogP contribution is 2.34. The molecule has 7 aromatic rings. The Morgan fingerprint density at radius 3 is 2.52 bits per heavy atom. The summed E-state index contributed by atoms with van der Waals surface area (Å²) in [6.07, 6.45) is 9.87. The fourth-order valence-electron chi connectivity index (χ4n) is 5.09. The van der Waals surface area contributed by atoms with Crippen molar-refractivity contribution >= 4 is 27.6 Å². The van der Waals surface area contributed by atoms with E-state index in [4.69, 9.17) is 0 Å². The van der Waals surface area contributed by atoms with Crippen LogP contribution in [0.25, 0.3) is 55.6 Å². The molecule has 0 radical (unpaired) electrons. The number of anilines is 1. The molecule has 0 fully saturated rings. The molecule has 0 bridgehead atoms. The van der Waals surface area contributed by atoms with Gasteiger partial charge in [0.1, 0.15) is 11.3 Å². The van der Waals surface area contributed by atoms with Crippen molar-refractivity contribution in [2.75, 3.05) is 5.32 Å². The van der Waals surface area contributed by atoms with E-state index in [1.54, 1.807) is 12.4 Å². The Balaban J connectivity index is 1.21. The van der Waals surface area contributed by atoms with Gasteiger partial charge in [0.25, 0.3) is 0 Å². The molecule has 0 aliphatic carbocycles. The summed E-state index contributed by atoms with van der Waals surface area (Å²) in [5.74, 6) is 0. The number of H-pyrrole nitrogens is 2. The van der Waals surface area contributed by atoms with Crippen LogP contribution >= 0.6 is 0 Å². The maximum atomic E-state index is 4.66. The lowest BCUT2D eigenvalue weighted by Gasteiger charge is -2.11. The third kappa shape index (κ3) is 4.50. The third-order valence-electron chi connectivity index (χ3n) is 6.99. The molecule has 0 atom stereocenters. The maximum Gasteiger partial charge on any atom is 0.138 e. The first-order valence-corrected chi connectivity index (χ1v) is 13.0. The number of hydrogen-bond donors (Lipinski definition) is 3. The minimum absolute atomic E-state index is 0.748. The van der Waals surface area contributed by atoms with Crippen LogP contribution in [0.5, 0.6) is 0 Å². The Morgan fingerprint density at radius 2 is 1.65 bits per heavy atom. The summed E-state index contributed by atoms with van der Waals surface area (Å²) in [4.78, 5) is 16.7. The SMILES string of the molecule is C=C(Cc1ccccc1)Nc1cncc(-c2ccc3[nH]nc(-c4cc5c(-c6ccncc6)ccnc5[nH]4)c3c2)c1. The summed E-state index contributed by atoms with van der Waals surface area (Å²) in [5, 5.41) is 13.3. The van der Waals surface area contributed by atoms with Crippen molar-refractivity contribution in [3.63, 3.8) is 0 Å². The third-order valence-corrected chi connectivity index (χ3v) is 6.99. The fraction of sp³-hybridized carbons (Fsp3) is 0.0303. The molecular formula is C33H25N7. The van der Waals surface area contributed by atoms with Crippen LogP contribution in [-0.2, 0) is 6.42 Å². The molecule has 0 spiro atoms. The molecule has 5 aromatic heterocycles. The van der Waals surface area contributed by atoms with Gasteiger partial charge in [-0.2, -0.15) is 5.10 Å². The first-order valence-electron chi connectivity index (χ1n) is 13.0. The van der Waals surface area contributed by atoms with Crippen LogP contribution in [0, 0.1) is 0 Å². The average Bonchev–Trinajstić information content (AvgIpc) is 3.62. The fourth-order valence-corrected chi connectivity index (χ4v) is 5.09. The van der Waals surface area contributed by atoms with E-state index in [0.29, 0.717) is 0 Å². The second-order valence-electron chi connectivity index (χ2n) is 9.73. The van der Waals surface area contributed by atoms with Gasteiger partial charge in [-0.1, -0.05) is 43.0 Å². The monoisotopic (exact) mass is 519 g/mol. The summed E-state index contributed by atoms with van der Waals surface area (Å²) in [5.41, 5.74) is 10.8. The minimum Gasteiger partial charge on any atom is -0.358 e. The highest BCUT2D eigenvalue weighted by atomic mass is 15.1. The van der Waals surface area contributed by atoms with E-state index < -0.39 is 0 Å². The zero-order chi connectivity index (χ0) is 26.9. The quantitative estimate of drug-likeness (QED) is 0.204. The second-order valence-corrected chi connectivity index (χ2v) is 9.73. The second kappa shape index (κ2) is 9.96. The topological polar surface area (TPSA) is 95.2 Å². The highest BCUT2D eigenvalue weighted by molar-refractivity contribution is 6.00. The van der Waals surface area contributed by atoms with Crippen LogP contribution in [0.2, 0.25) is 0 Å². The van der Waals surface area contributed by atoms with E-state index in [1.807, 2.05) is 55.0 Å². The molecule has 0 unspecified atom stereocenters. The molecule has 2 aromatic carbocycles. The molecule has 7 nitrogen and oxygen atoms in total. The lowest BCUT2D eigenvalue weighted by molar-refractivity contribution is 1.12. The van der Waals surface area contributed by atoms with Crippen LogP contribution in [0.4, 0.5) is 5.69 Å². The van der Waals surface area contributed by atoms with Gasteiger partial charge in [-0.05, 0) is 64.7 Å². The molecular weight excluding hydrogens is 494 g/mol. The van der Waals surface area contributed by atoms with Gasteiger partial charge >= 0.3 is 0 Å². The molecule has 7 rings (SSSR count). The van der Waals surface area contributed by atoms with E-state index >= 15 is 0 Å². The molecule has 40 heavy (non-hydrogen) atoms. The van der Waals surface area contributed by atoms with E-state index in [-0.39, 0.29) is 0 Å². The van der Waals surface area contributed by atoms with Gasteiger partial charge < -0.3 is 10.3 Å². The Bertz CT molecular complexity index is 1970. The Labute approximate surface area is 230 Å². The number of nitrogens with one attached hydrogen (secondary N) is 3. The van der Waals surface area contributed by atoms with E-state index in [0.717, 1.165) is 73.4 Å². The van der Waals surface area contributed by atoms with Crippen molar-refractivity contribution in [2.24, 2.45) is 0 Å². The lowest BCUT2D eigenvalue weighted by atomic mass is 10.0. The molecule has 192 valence electrons. The Kier molecular flexibility index (Phi) is 5.86. The number of aromatic amines is 2. The number of allylic oxidation sites excluding steroid dienone is 1. The predicted octanol–water partition coefficient (Wildman–Crippen LogP) is 7.40. The largest absolute Gasteiger partial charge is 0.358 e. The van der Waals surface area contributed by atoms with Crippen LogP contribution in [0.1, 0.15) is 5.56 Å². The number of hydrogen-bond acceptors (Lipinski definition) is 5. The van der Waals surface area contributed by atoms with E-state index in [9.17, 15) is 0 Å². The molecule has 0 amide bonds. The Hall–Kier alpha value is -5.56. The molecule has 0 saturated heterocycles. The van der Waals surface area contributed by atoms with Gasteiger partial charge in [-0.3, -0.25) is 15.1 Å². The predicted molar refractivity (Wildman–Crippen MR) is 161 cm³/mol. The van der Waals surface area contributed by atoms with Crippen molar-refractivity contribution in [1.82, 2.24) is 30.1 Å². The lowest BCUT2D eigenvalue weighted by Crippen LogP contribution is -2.02. The van der Waals surface area contributed by atoms with Crippen molar-refractivity contribution in [2.45, 2.75) is 6.42 Å². The van der Waals surface area contributed by atoms with Crippen molar-refractivity contribution < 1.29 is 0 Å². The molecule has 0 aliphatic heterocycles. The maximum absolute atomic E-state index is 4.66. The zero-order valence-electron chi connectivity index (χ0n) is 21.6. The van der Waals surface area contributed by atoms with Gasteiger partial charge in [0.2, 0.25) is 0 Å². The minimum atomic E-state index is 0.748. The number of nitrogens with zero attached hydrogens (tertiary/aromatic N) is 4. The van der Waals surface area contributed by atoms with E-state index in [1.165, 1.54) is 5.56 Å². The smallest absolute Gasteiger partial charge is 0.138 e. The van der Waals surface area contributed by atoms with Crippen LogP contribution < -0.4 is 5.32 Å². The van der Waals surface area contributed by atoms with Crippen molar-refractivity contribution in [3.05, 3.63) is 128 Å². The molecule has 0 saturated carbocycles. The molecule has 0 aliphatic rings. The molecule has 7 heteroatoms. The number of benzene rings is 2. The summed E-state index contributed by atoms with van der Waals surface area (Å²) >= 11 is 0. The van der Waals surface area contributed by atoms with Gasteiger partial charge in [0.15, 0.2) is 0 Å². The summed E-state index contributed by atoms with van der Waals surface area (Å²) in [6, 6.07) is 26.8. The van der Waals surface area contributed by atoms with Crippen LogP contribution in [0.15, 0.2) is 122 Å². The number of aromatic nitrogens is 6. The number of pyridine rings is 3. The van der Waals surface area contributed by atoms with Gasteiger partial charge in [0, 0.05) is 53.2 Å². The average molecular weight is 520 g/mol. The standard InChI is InChI=1S/C33H25N7/c1-21(15-22-5-3-2-4-6-22)37-26-16-25(19-35-20-26)24-7-8-30-29(17-24)32(40-39-30)31-18-28-27(11-14-36-33(28)38-31)23-9-12-34-13-10-23/h2-14,16-20,37H,1,15H2,(H,36,38)(H,39,40). The number of fused-ring (bicyclic) bond motifs is 2. The first kappa shape index (κ1) is 23.5. The van der Waals surface area contributed by atoms with Crippen molar-refractivity contribution in [1.29, 1.82) is 0 Å². The van der Waals surface area contributed by atoms with Gasteiger partial charge in [-0.15, -0.1) is 0 Å². The zero-order valence-corrected chi connectivity index (χ0v) is 21.6. The van der Waals surface area contributed by atoms with Crippen molar-refractivity contribution in [3.8, 4) is 33.6 Å². The summed E-state index contributed by atoms with van der Waals surface area (Å²) in [7, 11) is 0. The molecule has 3 N–H and O–H groups in total. The van der Waals surface area contributed by atoms with Gasteiger partial charge in [-0.25, -0.2) is 4.98 Å². The highest BCUT2D eigenvalue weighted by Gasteiger charge is 2.15. The summed E-state index contributed by atoms with van der Waals surface area (Å²) in [6.45, 7) is 4.21. The normalized spacial score (nSPS) is 11.2. The van der Waals surface area contributed by atoms with Crippen LogP contribution in [0.3, 0.4) is 0 Å². The van der Waals surface area contributed by atoms with E-state index in [2.05, 4.69) is 84.5 Å². The summed E-state index contributed by atoms with van der Waals surface area (Å²) < 4.78 is 0.